The summed E-state index contributed by atoms with van der Waals surface area (Å²) in [6.07, 6.45) is 0.845. The van der Waals surface area contributed by atoms with Crippen molar-refractivity contribution in [2.45, 2.75) is 24.7 Å². The van der Waals surface area contributed by atoms with Gasteiger partial charge in [0.05, 0.1) is 12.0 Å². The Labute approximate surface area is 72.1 Å². The van der Waals surface area contributed by atoms with Gasteiger partial charge < -0.3 is 14.9 Å². The summed E-state index contributed by atoms with van der Waals surface area (Å²) in [5.74, 6) is 0. The molecule has 2 atom stereocenters. The largest absolute Gasteiger partial charge is 0.437 e. The van der Waals surface area contributed by atoms with E-state index in [1.807, 2.05) is 4.81 Å². The molecule has 0 saturated carbocycles. The molecule has 0 bridgehead atoms. The molecule has 0 spiro atoms. The second kappa shape index (κ2) is 3.76. The summed E-state index contributed by atoms with van der Waals surface area (Å²) in [4.78, 5) is 1.82. The van der Waals surface area contributed by atoms with Crippen molar-refractivity contribution in [3.63, 3.8) is 0 Å². The Morgan fingerprint density at radius 2 is 2.36 bits per heavy atom. The molecule has 2 N–H and O–H groups in total. The molecule has 1 rings (SSSR count). The molecular formula is C6H13BClNO2. The molecule has 1 aliphatic rings. The minimum absolute atomic E-state index is 0.0189. The van der Waals surface area contributed by atoms with Crippen molar-refractivity contribution in [1.82, 2.24) is 4.81 Å². The van der Waals surface area contributed by atoms with E-state index in [9.17, 15) is 5.02 Å². The molecule has 1 heterocycles. The van der Waals surface area contributed by atoms with Gasteiger partial charge in [-0.3, -0.25) is 0 Å². The number of alkyl halides is 1. The van der Waals surface area contributed by atoms with Crippen LogP contribution in [-0.2, 0) is 0 Å². The SMILES string of the molecule is CB(O)N1CC[C@@H](Cl)[C@@H]1CO. The Morgan fingerprint density at radius 1 is 1.73 bits per heavy atom. The average molecular weight is 177 g/mol. The standard InChI is InChI=1S/C6H13BClNO2/c1-7(11)9-3-2-5(8)6(9)4-10/h5-6,10-11H,2-4H2,1H3/t5-,6+/m1/s1. The van der Waals surface area contributed by atoms with Gasteiger partial charge in [-0.1, -0.05) is 0 Å². The van der Waals surface area contributed by atoms with E-state index in [0.29, 0.717) is 0 Å². The van der Waals surface area contributed by atoms with Crippen LogP contribution in [0, 0.1) is 0 Å². The second-order valence-electron chi connectivity index (χ2n) is 2.92. The van der Waals surface area contributed by atoms with Crippen LogP contribution in [0.15, 0.2) is 0 Å². The maximum absolute atomic E-state index is 9.23. The number of nitrogens with zero attached hydrogens (tertiary/aromatic N) is 1. The summed E-state index contributed by atoms with van der Waals surface area (Å²) in [5.41, 5.74) is 0. The van der Waals surface area contributed by atoms with Crippen LogP contribution in [0.4, 0.5) is 0 Å². The van der Waals surface area contributed by atoms with Gasteiger partial charge in [-0.15, -0.1) is 11.6 Å². The molecular weight excluding hydrogens is 164 g/mol. The molecule has 1 aliphatic heterocycles. The first kappa shape index (κ1) is 9.32. The van der Waals surface area contributed by atoms with E-state index in [0.717, 1.165) is 13.0 Å². The predicted molar refractivity (Wildman–Crippen MR) is 45.7 cm³/mol. The van der Waals surface area contributed by atoms with Crippen molar-refractivity contribution < 1.29 is 10.1 Å². The zero-order chi connectivity index (χ0) is 8.43. The van der Waals surface area contributed by atoms with Crippen LogP contribution in [0.3, 0.4) is 0 Å². The zero-order valence-corrected chi connectivity index (χ0v) is 7.33. The lowest BCUT2D eigenvalue weighted by Crippen LogP contribution is -2.44. The van der Waals surface area contributed by atoms with Crippen molar-refractivity contribution in [2.24, 2.45) is 0 Å². The van der Waals surface area contributed by atoms with Gasteiger partial charge in [0.2, 0.25) is 0 Å². The first-order valence-electron chi connectivity index (χ1n) is 3.85. The normalized spacial score (nSPS) is 32.7. The van der Waals surface area contributed by atoms with Crippen LogP contribution in [0.1, 0.15) is 6.42 Å². The van der Waals surface area contributed by atoms with E-state index < -0.39 is 7.05 Å². The fourth-order valence-corrected chi connectivity index (χ4v) is 1.84. The van der Waals surface area contributed by atoms with Crippen molar-refractivity contribution in [3.05, 3.63) is 0 Å². The van der Waals surface area contributed by atoms with Gasteiger partial charge in [-0.2, -0.15) is 0 Å². The lowest BCUT2D eigenvalue weighted by molar-refractivity contribution is 0.203. The van der Waals surface area contributed by atoms with E-state index in [1.54, 1.807) is 6.82 Å². The molecule has 0 radical (unpaired) electrons. The molecule has 1 fully saturated rings. The maximum Gasteiger partial charge on any atom is 0.376 e. The van der Waals surface area contributed by atoms with Gasteiger partial charge in [0.1, 0.15) is 0 Å². The van der Waals surface area contributed by atoms with Crippen molar-refractivity contribution in [3.8, 4) is 0 Å². The number of halogens is 1. The average Bonchev–Trinajstić information content (AvgIpc) is 2.30. The molecule has 0 aromatic rings. The first-order valence-corrected chi connectivity index (χ1v) is 4.29. The summed E-state index contributed by atoms with van der Waals surface area (Å²) >= 11 is 5.90. The molecule has 0 unspecified atom stereocenters. The van der Waals surface area contributed by atoms with Crippen molar-refractivity contribution in [2.75, 3.05) is 13.2 Å². The summed E-state index contributed by atoms with van der Waals surface area (Å²) in [6.45, 7) is 2.49. The Bertz CT molecular complexity index is 136. The maximum atomic E-state index is 9.23. The third-order valence-electron chi connectivity index (χ3n) is 2.17. The number of aliphatic hydroxyl groups is 1. The minimum atomic E-state index is -0.504. The monoisotopic (exact) mass is 177 g/mol. The molecule has 0 aromatic carbocycles. The molecule has 0 aromatic heterocycles. The molecule has 0 aliphatic carbocycles. The smallest absolute Gasteiger partial charge is 0.376 e. The highest BCUT2D eigenvalue weighted by Gasteiger charge is 2.35. The van der Waals surface area contributed by atoms with Gasteiger partial charge in [0, 0.05) is 6.04 Å². The summed E-state index contributed by atoms with van der Waals surface area (Å²) < 4.78 is 0. The number of hydrogen-bond acceptors (Lipinski definition) is 3. The van der Waals surface area contributed by atoms with E-state index in [2.05, 4.69) is 0 Å². The Balaban J connectivity index is 2.54. The quantitative estimate of drug-likeness (QED) is 0.452. The van der Waals surface area contributed by atoms with Gasteiger partial charge in [0.15, 0.2) is 0 Å². The summed E-state index contributed by atoms with van der Waals surface area (Å²) in [7, 11) is -0.504. The molecule has 64 valence electrons. The fraction of sp³-hybridized carbons (Fsp3) is 1.00. The van der Waals surface area contributed by atoms with E-state index >= 15 is 0 Å². The molecule has 5 heteroatoms. The van der Waals surface area contributed by atoms with Crippen molar-refractivity contribution >= 4 is 18.7 Å². The Kier molecular flexibility index (Phi) is 3.19. The second-order valence-corrected chi connectivity index (χ2v) is 3.48. The van der Waals surface area contributed by atoms with Crippen LogP contribution >= 0.6 is 11.6 Å². The van der Waals surface area contributed by atoms with Crippen LogP contribution in [-0.4, -0.2) is 46.6 Å². The van der Waals surface area contributed by atoms with Crippen LogP contribution < -0.4 is 0 Å². The third kappa shape index (κ3) is 1.88. The van der Waals surface area contributed by atoms with Gasteiger partial charge in [-0.05, 0) is 19.8 Å². The van der Waals surface area contributed by atoms with Crippen molar-refractivity contribution in [1.29, 1.82) is 0 Å². The highest BCUT2D eigenvalue weighted by atomic mass is 35.5. The molecule has 0 amide bonds. The Hall–Kier alpha value is 0.235. The van der Waals surface area contributed by atoms with Gasteiger partial charge in [-0.25, -0.2) is 0 Å². The minimum Gasteiger partial charge on any atom is -0.437 e. The van der Waals surface area contributed by atoms with E-state index in [4.69, 9.17) is 16.7 Å². The first-order chi connectivity index (χ1) is 5.16. The number of rotatable bonds is 2. The highest BCUT2D eigenvalue weighted by Crippen LogP contribution is 2.22. The summed E-state index contributed by atoms with van der Waals surface area (Å²) in [5, 5.41) is 18.1. The van der Waals surface area contributed by atoms with Crippen LogP contribution in [0.25, 0.3) is 0 Å². The van der Waals surface area contributed by atoms with Crippen LogP contribution in [0.2, 0.25) is 6.82 Å². The van der Waals surface area contributed by atoms with E-state index in [-0.39, 0.29) is 18.0 Å². The lowest BCUT2D eigenvalue weighted by atomic mass is 9.84. The van der Waals surface area contributed by atoms with E-state index in [1.165, 1.54) is 0 Å². The lowest BCUT2D eigenvalue weighted by Gasteiger charge is -2.24. The Morgan fingerprint density at radius 3 is 2.73 bits per heavy atom. The number of hydrogen-bond donors (Lipinski definition) is 2. The van der Waals surface area contributed by atoms with Gasteiger partial charge >= 0.3 is 7.05 Å². The molecule has 11 heavy (non-hydrogen) atoms. The van der Waals surface area contributed by atoms with Crippen LogP contribution in [0.5, 0.6) is 0 Å². The highest BCUT2D eigenvalue weighted by molar-refractivity contribution is 6.45. The molecule has 1 saturated heterocycles. The fourth-order valence-electron chi connectivity index (χ4n) is 1.52. The summed E-state index contributed by atoms with van der Waals surface area (Å²) in [6, 6.07) is -0.0725. The third-order valence-corrected chi connectivity index (χ3v) is 2.68. The topological polar surface area (TPSA) is 43.7 Å². The predicted octanol–water partition coefficient (Wildman–Crippen LogP) is -0.229. The zero-order valence-electron chi connectivity index (χ0n) is 6.57. The number of aliphatic hydroxyl groups excluding tert-OH is 1. The van der Waals surface area contributed by atoms with Gasteiger partial charge in [0.25, 0.3) is 0 Å². The molecule has 3 nitrogen and oxygen atoms in total.